The van der Waals surface area contributed by atoms with Crippen LogP contribution in [0.4, 0.5) is 11.5 Å². The van der Waals surface area contributed by atoms with Gasteiger partial charge in [-0.2, -0.15) is 9.97 Å². The summed E-state index contributed by atoms with van der Waals surface area (Å²) in [7, 11) is 1.61. The van der Waals surface area contributed by atoms with Gasteiger partial charge in [0.2, 0.25) is 0 Å². The molecule has 0 atom stereocenters. The highest BCUT2D eigenvalue weighted by Gasteiger charge is 2.27. The van der Waals surface area contributed by atoms with Gasteiger partial charge in [-0.25, -0.2) is 0 Å². The molecule has 0 N–H and O–H groups in total. The van der Waals surface area contributed by atoms with Crippen molar-refractivity contribution in [1.82, 2.24) is 9.97 Å². The molecule has 1 aromatic carbocycles. The van der Waals surface area contributed by atoms with Crippen molar-refractivity contribution in [3.05, 3.63) is 30.3 Å². The van der Waals surface area contributed by atoms with E-state index >= 15 is 0 Å². The molecule has 0 saturated carbocycles. The van der Waals surface area contributed by atoms with E-state index in [0.717, 1.165) is 48.9 Å². The van der Waals surface area contributed by atoms with E-state index in [0.29, 0.717) is 32.4 Å². The van der Waals surface area contributed by atoms with Crippen molar-refractivity contribution in [3.8, 4) is 17.3 Å². The Morgan fingerprint density at radius 3 is 2.08 bits per heavy atom. The number of aromatic nitrogens is 2. The molecule has 0 bridgehead atoms. The molecular weight excluding hydrogens is 332 g/mol. The van der Waals surface area contributed by atoms with Crippen molar-refractivity contribution in [3.63, 3.8) is 0 Å². The maximum atomic E-state index is 5.56. The van der Waals surface area contributed by atoms with E-state index in [9.17, 15) is 0 Å². The average molecular weight is 356 g/mol. The van der Waals surface area contributed by atoms with E-state index in [2.05, 4.69) is 21.9 Å². The van der Waals surface area contributed by atoms with Crippen molar-refractivity contribution in [1.29, 1.82) is 0 Å². The largest absolute Gasteiger partial charge is 0.467 e. The van der Waals surface area contributed by atoms with Gasteiger partial charge in [-0.15, -0.1) is 0 Å². The fourth-order valence-electron chi connectivity index (χ4n) is 3.39. The Morgan fingerprint density at radius 2 is 1.46 bits per heavy atom. The predicted octanol–water partition coefficient (Wildman–Crippen LogP) is 1.83. The summed E-state index contributed by atoms with van der Waals surface area (Å²) in [4.78, 5) is 14.0. The monoisotopic (exact) mass is 356 g/mol. The van der Waals surface area contributed by atoms with E-state index in [1.165, 1.54) is 0 Å². The molecule has 0 amide bonds. The smallest absolute Gasteiger partial charge is 0.318 e. The topological polar surface area (TPSA) is 60.0 Å². The Labute approximate surface area is 153 Å². The number of morpholine rings is 2. The summed E-state index contributed by atoms with van der Waals surface area (Å²) in [6.45, 7) is 6.11. The van der Waals surface area contributed by atoms with Gasteiger partial charge < -0.3 is 24.0 Å². The van der Waals surface area contributed by atoms with Crippen LogP contribution < -0.4 is 14.5 Å². The number of hydrogen-bond donors (Lipinski definition) is 0. The second kappa shape index (κ2) is 7.88. The maximum absolute atomic E-state index is 5.56. The lowest BCUT2D eigenvalue weighted by molar-refractivity contribution is 0.120. The summed E-state index contributed by atoms with van der Waals surface area (Å²) in [6.07, 6.45) is 0. The molecule has 1 aromatic heterocycles. The van der Waals surface area contributed by atoms with Crippen LogP contribution in [-0.2, 0) is 9.47 Å². The molecule has 7 nitrogen and oxygen atoms in total. The van der Waals surface area contributed by atoms with Crippen molar-refractivity contribution in [2.24, 2.45) is 0 Å². The second-order valence-electron chi connectivity index (χ2n) is 6.30. The third kappa shape index (κ3) is 3.45. The molecule has 0 spiro atoms. The Morgan fingerprint density at radius 1 is 0.846 bits per heavy atom. The van der Waals surface area contributed by atoms with Crippen LogP contribution in [-0.4, -0.2) is 69.7 Å². The van der Waals surface area contributed by atoms with Gasteiger partial charge in [-0.1, -0.05) is 30.3 Å². The molecule has 0 radical (unpaired) electrons. The Bertz CT molecular complexity index is 729. The maximum Gasteiger partial charge on any atom is 0.318 e. The number of methoxy groups -OCH3 is 1. The molecular formula is C19H24N4O3. The number of rotatable bonds is 4. The fourth-order valence-corrected chi connectivity index (χ4v) is 3.39. The summed E-state index contributed by atoms with van der Waals surface area (Å²) < 4.78 is 16.5. The van der Waals surface area contributed by atoms with E-state index < -0.39 is 0 Å². The zero-order valence-electron chi connectivity index (χ0n) is 15.1. The average Bonchev–Trinajstić information content (AvgIpc) is 2.74. The lowest BCUT2D eigenvalue weighted by Crippen LogP contribution is -2.41. The van der Waals surface area contributed by atoms with Gasteiger partial charge in [0.1, 0.15) is 11.4 Å². The number of ether oxygens (including phenoxy) is 3. The Kier molecular flexibility index (Phi) is 5.17. The summed E-state index contributed by atoms with van der Waals surface area (Å²) in [5.74, 6) is 0.918. The highest BCUT2D eigenvalue weighted by molar-refractivity contribution is 5.84. The second-order valence-corrected chi connectivity index (χ2v) is 6.30. The highest BCUT2D eigenvalue weighted by Crippen LogP contribution is 2.38. The van der Waals surface area contributed by atoms with Gasteiger partial charge in [-0.3, -0.25) is 0 Å². The molecule has 2 aliphatic heterocycles. The van der Waals surface area contributed by atoms with Gasteiger partial charge >= 0.3 is 6.01 Å². The minimum atomic E-state index is 0.391. The zero-order chi connectivity index (χ0) is 17.8. The Hall–Kier alpha value is -2.38. The van der Waals surface area contributed by atoms with Gasteiger partial charge in [0.25, 0.3) is 0 Å². The van der Waals surface area contributed by atoms with Crippen molar-refractivity contribution in [2.75, 3.05) is 69.5 Å². The number of hydrogen-bond acceptors (Lipinski definition) is 7. The SMILES string of the molecule is COc1nc(-c2ccccc2)c(N2CCOCC2)c(N2CCOCC2)n1. The molecule has 2 aliphatic rings. The predicted molar refractivity (Wildman–Crippen MR) is 100 cm³/mol. The molecule has 2 fully saturated rings. The van der Waals surface area contributed by atoms with Crippen LogP contribution in [0.1, 0.15) is 0 Å². The van der Waals surface area contributed by atoms with Crippen LogP contribution >= 0.6 is 0 Å². The number of nitrogens with zero attached hydrogens (tertiary/aromatic N) is 4. The van der Waals surface area contributed by atoms with E-state index in [1.54, 1.807) is 7.11 Å². The van der Waals surface area contributed by atoms with Crippen molar-refractivity contribution in [2.45, 2.75) is 0 Å². The number of benzene rings is 1. The quantitative estimate of drug-likeness (QED) is 0.828. The molecule has 2 aromatic rings. The molecule has 7 heteroatoms. The van der Waals surface area contributed by atoms with Gasteiger partial charge in [0.15, 0.2) is 5.82 Å². The Balaban J connectivity index is 1.87. The minimum Gasteiger partial charge on any atom is -0.467 e. The lowest BCUT2D eigenvalue weighted by atomic mass is 10.1. The fraction of sp³-hybridized carbons (Fsp3) is 0.474. The first-order valence-corrected chi connectivity index (χ1v) is 9.03. The molecule has 26 heavy (non-hydrogen) atoms. The van der Waals surface area contributed by atoms with E-state index in [-0.39, 0.29) is 0 Å². The van der Waals surface area contributed by atoms with Crippen molar-refractivity contribution >= 4 is 11.5 Å². The van der Waals surface area contributed by atoms with Gasteiger partial charge in [-0.05, 0) is 0 Å². The molecule has 0 aliphatic carbocycles. The molecule has 2 saturated heterocycles. The summed E-state index contributed by atoms with van der Waals surface area (Å²) >= 11 is 0. The van der Waals surface area contributed by atoms with E-state index in [1.807, 2.05) is 18.2 Å². The first kappa shape index (κ1) is 17.1. The molecule has 138 valence electrons. The standard InChI is InChI=1S/C19H24N4O3/c1-24-19-20-16(15-5-3-2-4-6-15)17(22-7-11-25-12-8-22)18(21-19)23-9-13-26-14-10-23/h2-6H,7-14H2,1H3. The van der Waals surface area contributed by atoms with Crippen molar-refractivity contribution < 1.29 is 14.2 Å². The van der Waals surface area contributed by atoms with Crippen LogP contribution in [0, 0.1) is 0 Å². The van der Waals surface area contributed by atoms with Crippen LogP contribution in [0.15, 0.2) is 30.3 Å². The van der Waals surface area contributed by atoms with Gasteiger partial charge in [0, 0.05) is 31.7 Å². The van der Waals surface area contributed by atoms with Crippen LogP contribution in [0.5, 0.6) is 6.01 Å². The highest BCUT2D eigenvalue weighted by atomic mass is 16.5. The normalized spacial score (nSPS) is 18.0. The summed E-state index contributed by atoms with van der Waals surface area (Å²) in [5.41, 5.74) is 3.02. The molecule has 3 heterocycles. The first-order chi connectivity index (χ1) is 12.9. The molecule has 0 unspecified atom stereocenters. The lowest BCUT2D eigenvalue weighted by Gasteiger charge is -2.36. The van der Waals surface area contributed by atoms with Crippen LogP contribution in [0.3, 0.4) is 0 Å². The summed E-state index contributed by atoms with van der Waals surface area (Å²) in [5, 5.41) is 0. The molecule has 4 rings (SSSR count). The van der Waals surface area contributed by atoms with E-state index in [4.69, 9.17) is 24.2 Å². The minimum absolute atomic E-state index is 0.391. The summed E-state index contributed by atoms with van der Waals surface area (Å²) in [6, 6.07) is 10.6. The third-order valence-corrected chi connectivity index (χ3v) is 4.71. The van der Waals surface area contributed by atoms with Gasteiger partial charge in [0.05, 0.1) is 33.5 Å². The van der Waals surface area contributed by atoms with Crippen LogP contribution in [0.2, 0.25) is 0 Å². The third-order valence-electron chi connectivity index (χ3n) is 4.71. The zero-order valence-corrected chi connectivity index (χ0v) is 15.1. The first-order valence-electron chi connectivity index (χ1n) is 9.03. The van der Waals surface area contributed by atoms with Crippen LogP contribution in [0.25, 0.3) is 11.3 Å². The number of anilines is 2.